The van der Waals surface area contributed by atoms with Crippen molar-refractivity contribution in [2.24, 2.45) is 0 Å². The van der Waals surface area contributed by atoms with Gasteiger partial charge in [-0.2, -0.15) is 0 Å². The van der Waals surface area contributed by atoms with Gasteiger partial charge in [-0.1, -0.05) is 5.21 Å². The Morgan fingerprint density at radius 1 is 1.50 bits per heavy atom. The molecule has 0 fully saturated rings. The average molecular weight is 277 g/mol. The Labute approximate surface area is 104 Å². The largest absolute Gasteiger partial charge is 0.476 e. The fraction of sp³-hybridized carbons (Fsp3) is 0.667. The summed E-state index contributed by atoms with van der Waals surface area (Å²) < 4.78 is 29.2. The molecule has 0 saturated heterocycles. The van der Waals surface area contributed by atoms with E-state index in [1.807, 2.05) is 0 Å². The van der Waals surface area contributed by atoms with Crippen LogP contribution < -0.4 is 0 Å². The quantitative estimate of drug-likeness (QED) is 0.633. The minimum Gasteiger partial charge on any atom is -0.476 e. The molecular formula is C9H15N3O5S. The first-order chi connectivity index (χ1) is 8.44. The third kappa shape index (κ3) is 4.80. The number of methoxy groups -OCH3 is 1. The van der Waals surface area contributed by atoms with Crippen molar-refractivity contribution in [2.45, 2.75) is 13.0 Å². The Morgan fingerprint density at radius 2 is 2.22 bits per heavy atom. The summed E-state index contributed by atoms with van der Waals surface area (Å²) in [7, 11) is -1.67. The highest BCUT2D eigenvalue weighted by Crippen LogP contribution is 1.98. The Hall–Kier alpha value is -1.48. The summed E-state index contributed by atoms with van der Waals surface area (Å²) in [6, 6.07) is 0. The minimum atomic E-state index is -3.18. The van der Waals surface area contributed by atoms with Gasteiger partial charge in [0.1, 0.15) is 0 Å². The molecule has 1 heterocycles. The van der Waals surface area contributed by atoms with E-state index in [2.05, 4.69) is 10.3 Å². The van der Waals surface area contributed by atoms with Crippen LogP contribution in [0.2, 0.25) is 0 Å². The maximum Gasteiger partial charge on any atom is 0.358 e. The molecule has 0 unspecified atom stereocenters. The molecule has 0 atom stereocenters. The molecule has 0 spiro atoms. The number of nitrogens with zero attached hydrogens (tertiary/aromatic N) is 3. The van der Waals surface area contributed by atoms with E-state index in [4.69, 9.17) is 9.84 Å². The first kappa shape index (κ1) is 14.6. The molecule has 0 aliphatic rings. The predicted octanol–water partition coefficient (Wildman–Crippen LogP) is -0.572. The van der Waals surface area contributed by atoms with Crippen molar-refractivity contribution in [2.75, 3.05) is 25.2 Å². The number of carbonyl (C=O) groups is 1. The second-order valence-corrected chi connectivity index (χ2v) is 5.97. The highest BCUT2D eigenvalue weighted by Gasteiger charge is 2.13. The molecule has 1 N–H and O–H groups in total. The maximum atomic E-state index is 11.6. The fourth-order valence-corrected chi connectivity index (χ4v) is 2.49. The third-order valence-electron chi connectivity index (χ3n) is 2.19. The van der Waals surface area contributed by atoms with Gasteiger partial charge >= 0.3 is 5.97 Å². The number of aromatic nitrogens is 3. The zero-order valence-electron chi connectivity index (χ0n) is 9.94. The van der Waals surface area contributed by atoms with E-state index in [9.17, 15) is 13.2 Å². The van der Waals surface area contributed by atoms with Crippen LogP contribution in [-0.4, -0.2) is 59.7 Å². The Bertz CT molecular complexity index is 496. The molecule has 0 saturated carbocycles. The molecule has 1 rings (SSSR count). The second kappa shape index (κ2) is 6.45. The van der Waals surface area contributed by atoms with Crippen LogP contribution in [0.25, 0.3) is 0 Å². The summed E-state index contributed by atoms with van der Waals surface area (Å²) in [6.07, 6.45) is 1.64. The summed E-state index contributed by atoms with van der Waals surface area (Å²) in [5.41, 5.74) is -0.202. The number of aromatic carboxylic acids is 1. The van der Waals surface area contributed by atoms with Crippen LogP contribution in [-0.2, 0) is 21.1 Å². The molecule has 8 nitrogen and oxygen atoms in total. The van der Waals surface area contributed by atoms with Crippen LogP contribution in [0, 0.1) is 0 Å². The number of ether oxygens (including phenoxy) is 1. The van der Waals surface area contributed by atoms with Crippen LogP contribution in [0.5, 0.6) is 0 Å². The summed E-state index contributed by atoms with van der Waals surface area (Å²) in [5, 5.41) is 15.5. The molecule has 0 amide bonds. The van der Waals surface area contributed by atoms with Gasteiger partial charge in [0.25, 0.3) is 0 Å². The normalized spacial score (nSPS) is 11.6. The molecule has 1 aromatic heterocycles. The molecule has 102 valence electrons. The van der Waals surface area contributed by atoms with Crippen LogP contribution in [0.1, 0.15) is 16.9 Å². The molecule has 0 bridgehead atoms. The summed E-state index contributed by atoms with van der Waals surface area (Å²) >= 11 is 0. The molecule has 0 aromatic carbocycles. The van der Waals surface area contributed by atoms with Gasteiger partial charge in [0.15, 0.2) is 15.5 Å². The lowest BCUT2D eigenvalue weighted by molar-refractivity contribution is 0.0690. The van der Waals surface area contributed by atoms with Crippen molar-refractivity contribution >= 4 is 15.8 Å². The summed E-state index contributed by atoms with van der Waals surface area (Å²) in [4.78, 5) is 10.5. The molecule has 0 aliphatic heterocycles. The van der Waals surface area contributed by atoms with E-state index < -0.39 is 15.8 Å². The van der Waals surface area contributed by atoms with E-state index in [-0.39, 0.29) is 23.7 Å². The van der Waals surface area contributed by atoms with E-state index in [1.165, 1.54) is 18.0 Å². The monoisotopic (exact) mass is 277 g/mol. The predicted molar refractivity (Wildman–Crippen MR) is 62.1 cm³/mol. The van der Waals surface area contributed by atoms with Crippen LogP contribution >= 0.6 is 0 Å². The smallest absolute Gasteiger partial charge is 0.358 e. The number of hydrogen-bond donors (Lipinski definition) is 1. The van der Waals surface area contributed by atoms with Crippen LogP contribution in [0.15, 0.2) is 6.20 Å². The first-order valence-electron chi connectivity index (χ1n) is 5.27. The lowest BCUT2D eigenvalue weighted by Crippen LogP contribution is -2.17. The topological polar surface area (TPSA) is 111 Å². The van der Waals surface area contributed by atoms with Crippen molar-refractivity contribution < 1.29 is 23.1 Å². The van der Waals surface area contributed by atoms with Gasteiger partial charge in [-0.3, -0.25) is 4.68 Å². The number of aryl methyl sites for hydroxylation is 1. The van der Waals surface area contributed by atoms with Gasteiger partial charge in [-0.25, -0.2) is 13.2 Å². The standard InChI is InChI=1S/C9H15N3O5S/c1-17-4-2-5-18(15,16)6-3-12-7-8(9(13)14)10-11-12/h7H,2-6H2,1H3,(H,13,14). The van der Waals surface area contributed by atoms with E-state index in [0.717, 1.165) is 0 Å². The van der Waals surface area contributed by atoms with Crippen molar-refractivity contribution in [3.8, 4) is 0 Å². The summed E-state index contributed by atoms with van der Waals surface area (Å²) in [5.74, 6) is -1.25. The molecule has 18 heavy (non-hydrogen) atoms. The van der Waals surface area contributed by atoms with Gasteiger partial charge < -0.3 is 9.84 Å². The highest BCUT2D eigenvalue weighted by atomic mass is 32.2. The second-order valence-electron chi connectivity index (χ2n) is 3.67. The number of hydrogen-bond acceptors (Lipinski definition) is 6. The van der Waals surface area contributed by atoms with Crippen molar-refractivity contribution in [3.63, 3.8) is 0 Å². The van der Waals surface area contributed by atoms with Crippen molar-refractivity contribution in [1.82, 2.24) is 15.0 Å². The highest BCUT2D eigenvalue weighted by molar-refractivity contribution is 7.91. The van der Waals surface area contributed by atoms with E-state index >= 15 is 0 Å². The van der Waals surface area contributed by atoms with Crippen LogP contribution in [0.4, 0.5) is 0 Å². The molecule has 1 aromatic rings. The van der Waals surface area contributed by atoms with Crippen LogP contribution in [0.3, 0.4) is 0 Å². The van der Waals surface area contributed by atoms with Gasteiger partial charge in [0, 0.05) is 13.7 Å². The molecule has 0 aliphatic carbocycles. The Balaban J connectivity index is 2.46. The zero-order chi connectivity index (χ0) is 13.6. The SMILES string of the molecule is COCCCS(=O)(=O)CCn1cc(C(=O)O)nn1. The first-order valence-corrected chi connectivity index (χ1v) is 7.09. The average Bonchev–Trinajstić information content (AvgIpc) is 2.75. The van der Waals surface area contributed by atoms with Gasteiger partial charge in [-0.15, -0.1) is 5.10 Å². The third-order valence-corrected chi connectivity index (χ3v) is 3.91. The van der Waals surface area contributed by atoms with Crippen molar-refractivity contribution in [1.29, 1.82) is 0 Å². The lowest BCUT2D eigenvalue weighted by atomic mass is 10.5. The van der Waals surface area contributed by atoms with E-state index in [0.29, 0.717) is 13.0 Å². The number of carboxylic acids is 1. The number of carboxylic acid groups (broad SMARTS) is 1. The van der Waals surface area contributed by atoms with Gasteiger partial charge in [0.05, 0.1) is 24.2 Å². The van der Waals surface area contributed by atoms with Gasteiger partial charge in [-0.05, 0) is 6.42 Å². The zero-order valence-corrected chi connectivity index (χ0v) is 10.8. The van der Waals surface area contributed by atoms with Crippen molar-refractivity contribution in [3.05, 3.63) is 11.9 Å². The Kier molecular flexibility index (Phi) is 5.23. The molecule has 9 heteroatoms. The Morgan fingerprint density at radius 3 is 2.78 bits per heavy atom. The van der Waals surface area contributed by atoms with E-state index in [1.54, 1.807) is 0 Å². The molecular weight excluding hydrogens is 262 g/mol. The van der Waals surface area contributed by atoms with Gasteiger partial charge in [0.2, 0.25) is 0 Å². The molecule has 0 radical (unpaired) electrons. The fourth-order valence-electron chi connectivity index (χ4n) is 1.26. The minimum absolute atomic E-state index is 0.0430. The maximum absolute atomic E-state index is 11.6. The number of sulfone groups is 1. The lowest BCUT2D eigenvalue weighted by Gasteiger charge is -2.03. The number of rotatable bonds is 8. The summed E-state index contributed by atoms with van der Waals surface area (Å²) in [6.45, 7) is 0.487.